The van der Waals surface area contributed by atoms with Gasteiger partial charge in [0.1, 0.15) is 49.4 Å². The zero-order valence-electron chi connectivity index (χ0n) is 22.8. The summed E-state index contributed by atoms with van der Waals surface area (Å²) in [5.74, 6) is 2.67. The van der Waals surface area contributed by atoms with Crippen LogP contribution in [0.1, 0.15) is 19.3 Å². The lowest BCUT2D eigenvalue weighted by atomic mass is 10.2. The molecule has 41 heavy (non-hydrogen) atoms. The van der Waals surface area contributed by atoms with Gasteiger partial charge in [-0.1, -0.05) is 36.4 Å². The van der Waals surface area contributed by atoms with Crippen LogP contribution in [0, 0.1) is 0 Å². The Morgan fingerprint density at radius 1 is 0.439 bits per heavy atom. The Kier molecular flexibility index (Phi) is 11.5. The molecule has 4 aromatic carbocycles. The topological polar surface area (TPSA) is 95.1 Å². The average Bonchev–Trinajstić information content (AvgIpc) is 3.00. The zero-order valence-corrected chi connectivity index (χ0v) is 22.8. The van der Waals surface area contributed by atoms with Crippen molar-refractivity contribution in [3.63, 3.8) is 0 Å². The van der Waals surface area contributed by atoms with Crippen molar-refractivity contribution in [1.29, 1.82) is 0 Å². The van der Waals surface area contributed by atoms with E-state index in [9.17, 15) is 9.59 Å². The number of nitrogens with one attached hydrogen (secondary N) is 2. The fraction of sp³-hybridized carbons (Fsp3) is 0.212. The van der Waals surface area contributed by atoms with Crippen molar-refractivity contribution in [2.75, 3.05) is 37.1 Å². The molecular weight excluding hydrogens is 520 g/mol. The van der Waals surface area contributed by atoms with Gasteiger partial charge in [-0.25, -0.2) is 0 Å². The van der Waals surface area contributed by atoms with Crippen LogP contribution in [0.4, 0.5) is 11.4 Å². The minimum Gasteiger partial charge on any atom is -0.490 e. The van der Waals surface area contributed by atoms with Crippen LogP contribution in [-0.2, 0) is 9.59 Å². The van der Waals surface area contributed by atoms with Gasteiger partial charge in [-0.2, -0.15) is 0 Å². The van der Waals surface area contributed by atoms with Crippen LogP contribution in [0.15, 0.2) is 109 Å². The molecule has 0 unspecified atom stereocenters. The van der Waals surface area contributed by atoms with Crippen molar-refractivity contribution in [3.8, 4) is 23.0 Å². The number of carbonyl (C=O) groups is 2. The number of amides is 2. The predicted molar refractivity (Wildman–Crippen MR) is 159 cm³/mol. The number of ether oxygens (including phenoxy) is 4. The number of hydrogen-bond acceptors (Lipinski definition) is 6. The maximum atomic E-state index is 12.3. The summed E-state index contributed by atoms with van der Waals surface area (Å²) in [7, 11) is 0. The molecule has 0 aromatic heterocycles. The fourth-order valence-corrected chi connectivity index (χ4v) is 3.80. The average molecular weight is 555 g/mol. The van der Waals surface area contributed by atoms with Crippen molar-refractivity contribution in [3.05, 3.63) is 109 Å². The smallest absolute Gasteiger partial charge is 0.224 e. The van der Waals surface area contributed by atoms with E-state index < -0.39 is 0 Å². The molecule has 0 aliphatic rings. The highest BCUT2D eigenvalue weighted by atomic mass is 16.5. The molecule has 2 N–H and O–H groups in total. The van der Waals surface area contributed by atoms with Gasteiger partial charge in [0.25, 0.3) is 0 Å². The number of anilines is 2. The highest BCUT2D eigenvalue weighted by molar-refractivity contribution is 5.93. The number of benzene rings is 4. The normalized spacial score (nSPS) is 10.3. The molecule has 0 saturated heterocycles. The van der Waals surface area contributed by atoms with Gasteiger partial charge < -0.3 is 29.6 Å². The third-order valence-electron chi connectivity index (χ3n) is 5.81. The molecule has 0 radical (unpaired) electrons. The van der Waals surface area contributed by atoms with Crippen LogP contribution in [0.25, 0.3) is 0 Å². The molecule has 212 valence electrons. The van der Waals surface area contributed by atoms with Gasteiger partial charge in [0.2, 0.25) is 11.8 Å². The van der Waals surface area contributed by atoms with Crippen LogP contribution in [-0.4, -0.2) is 38.2 Å². The summed E-state index contributed by atoms with van der Waals surface area (Å²) in [5.41, 5.74) is 1.34. The monoisotopic (exact) mass is 554 g/mol. The molecule has 0 saturated carbocycles. The molecule has 0 aliphatic heterocycles. The van der Waals surface area contributed by atoms with Crippen molar-refractivity contribution in [2.45, 2.75) is 19.3 Å². The first-order chi connectivity index (χ1) is 20.1. The van der Waals surface area contributed by atoms with Gasteiger partial charge in [-0.3, -0.25) is 9.59 Å². The lowest BCUT2D eigenvalue weighted by Crippen LogP contribution is -2.15. The number of hydrogen-bond donors (Lipinski definition) is 2. The first-order valence-electron chi connectivity index (χ1n) is 13.6. The first-order valence-corrected chi connectivity index (χ1v) is 13.6. The Bertz CT molecular complexity index is 1230. The molecule has 0 bridgehead atoms. The van der Waals surface area contributed by atoms with Crippen molar-refractivity contribution >= 4 is 23.2 Å². The summed E-state index contributed by atoms with van der Waals surface area (Å²) in [6.45, 7) is 1.68. The van der Waals surface area contributed by atoms with Crippen LogP contribution >= 0.6 is 0 Å². The Morgan fingerprint density at radius 2 is 0.756 bits per heavy atom. The summed E-state index contributed by atoms with van der Waals surface area (Å²) in [5, 5.41) is 5.69. The minimum absolute atomic E-state index is 0.152. The van der Waals surface area contributed by atoms with E-state index >= 15 is 0 Å². The maximum absolute atomic E-state index is 12.3. The highest BCUT2D eigenvalue weighted by Gasteiger charge is 2.07. The van der Waals surface area contributed by atoms with E-state index in [1.54, 1.807) is 48.5 Å². The first kappa shape index (κ1) is 29.0. The van der Waals surface area contributed by atoms with Crippen LogP contribution in [0.3, 0.4) is 0 Å². The lowest BCUT2D eigenvalue weighted by molar-refractivity contribution is -0.117. The summed E-state index contributed by atoms with van der Waals surface area (Å²) < 4.78 is 22.6. The van der Waals surface area contributed by atoms with Gasteiger partial charge in [0.05, 0.1) is 0 Å². The van der Waals surface area contributed by atoms with E-state index in [2.05, 4.69) is 10.6 Å². The second kappa shape index (κ2) is 16.2. The second-order valence-corrected chi connectivity index (χ2v) is 9.02. The highest BCUT2D eigenvalue weighted by Crippen LogP contribution is 2.18. The van der Waals surface area contributed by atoms with E-state index in [1.807, 2.05) is 60.7 Å². The van der Waals surface area contributed by atoms with Crippen molar-refractivity contribution < 1.29 is 28.5 Å². The van der Waals surface area contributed by atoms with Gasteiger partial charge in [-0.15, -0.1) is 0 Å². The quantitative estimate of drug-likeness (QED) is 0.157. The standard InChI is InChI=1S/C33H34N2O6/c36-32(34-26-14-18-30(19-15-26)40-24-22-38-28-8-3-1-4-9-28)12-7-13-33(37)35-27-16-20-31(21-17-27)41-25-23-39-29-10-5-2-6-11-29/h1-6,8-11,14-21H,7,12-13,22-25H2,(H,34,36)(H,35,37). The molecule has 0 atom stereocenters. The minimum atomic E-state index is -0.152. The summed E-state index contributed by atoms with van der Waals surface area (Å²) in [6.07, 6.45) is 0.906. The largest absolute Gasteiger partial charge is 0.490 e. The molecule has 0 spiro atoms. The number of carbonyl (C=O) groups excluding carboxylic acids is 2. The Labute approximate surface area is 240 Å². The van der Waals surface area contributed by atoms with Crippen LogP contribution in [0.5, 0.6) is 23.0 Å². The molecule has 4 rings (SSSR count). The maximum Gasteiger partial charge on any atom is 0.224 e. The van der Waals surface area contributed by atoms with Gasteiger partial charge in [-0.05, 0) is 79.2 Å². The van der Waals surface area contributed by atoms with Crippen LogP contribution in [0.2, 0.25) is 0 Å². The van der Waals surface area contributed by atoms with Gasteiger partial charge >= 0.3 is 0 Å². The van der Waals surface area contributed by atoms with E-state index in [0.29, 0.717) is 55.7 Å². The number of para-hydroxylation sites is 2. The van der Waals surface area contributed by atoms with Crippen molar-refractivity contribution in [1.82, 2.24) is 0 Å². The molecular formula is C33H34N2O6. The predicted octanol–water partition coefficient (Wildman–Crippen LogP) is 6.35. The molecule has 0 aliphatic carbocycles. The van der Waals surface area contributed by atoms with E-state index in [-0.39, 0.29) is 24.7 Å². The SMILES string of the molecule is O=C(CCCC(=O)Nc1ccc(OCCOc2ccccc2)cc1)Nc1ccc(OCCOc2ccccc2)cc1. The molecule has 0 heterocycles. The molecule has 2 amide bonds. The number of rotatable bonds is 16. The van der Waals surface area contributed by atoms with Crippen LogP contribution < -0.4 is 29.6 Å². The van der Waals surface area contributed by atoms with Gasteiger partial charge in [0, 0.05) is 24.2 Å². The summed E-state index contributed by atoms with van der Waals surface area (Å²) >= 11 is 0. The molecule has 0 fully saturated rings. The fourth-order valence-electron chi connectivity index (χ4n) is 3.80. The molecule has 4 aromatic rings. The zero-order chi connectivity index (χ0) is 28.5. The Hall–Kier alpha value is -4.98. The summed E-state index contributed by atoms with van der Waals surface area (Å²) in [4.78, 5) is 24.6. The van der Waals surface area contributed by atoms with E-state index in [1.165, 1.54) is 0 Å². The third kappa shape index (κ3) is 11.0. The second-order valence-electron chi connectivity index (χ2n) is 9.02. The Balaban J connectivity index is 1.06. The molecule has 8 heteroatoms. The lowest BCUT2D eigenvalue weighted by Gasteiger charge is -2.10. The summed E-state index contributed by atoms with van der Waals surface area (Å²) in [6, 6.07) is 33.4. The van der Waals surface area contributed by atoms with E-state index in [4.69, 9.17) is 18.9 Å². The van der Waals surface area contributed by atoms with Gasteiger partial charge in [0.15, 0.2) is 0 Å². The molecule has 8 nitrogen and oxygen atoms in total. The van der Waals surface area contributed by atoms with Crippen molar-refractivity contribution in [2.24, 2.45) is 0 Å². The van der Waals surface area contributed by atoms with E-state index in [0.717, 1.165) is 11.5 Å². The third-order valence-corrected chi connectivity index (χ3v) is 5.81. The Morgan fingerprint density at radius 3 is 1.10 bits per heavy atom.